The first kappa shape index (κ1) is 34.2. The van der Waals surface area contributed by atoms with E-state index in [4.69, 9.17) is 21.1 Å². The third-order valence-corrected chi connectivity index (χ3v) is 8.29. The van der Waals surface area contributed by atoms with Crippen molar-refractivity contribution in [3.63, 3.8) is 0 Å². The van der Waals surface area contributed by atoms with E-state index in [2.05, 4.69) is 30.6 Å². The molecule has 0 radical (unpaired) electrons. The molecular weight excluding hydrogens is 614 g/mol. The quantitative estimate of drug-likeness (QED) is 0.148. The average Bonchev–Trinajstić information content (AvgIpc) is 3.25. The van der Waals surface area contributed by atoms with Crippen molar-refractivity contribution in [2.24, 2.45) is 0 Å². The molecule has 4 rings (SSSR count). The van der Waals surface area contributed by atoms with Gasteiger partial charge in [0.15, 0.2) is 6.73 Å². The molecule has 1 unspecified atom stereocenters. The molecule has 1 heterocycles. The molecule has 3 aromatic carbocycles. The van der Waals surface area contributed by atoms with E-state index in [9.17, 15) is 22.8 Å². The van der Waals surface area contributed by atoms with Crippen molar-refractivity contribution in [1.82, 2.24) is 9.80 Å². The summed E-state index contributed by atoms with van der Waals surface area (Å²) in [6.45, 7) is 10.8. The summed E-state index contributed by atoms with van der Waals surface area (Å²) in [6, 6.07) is 13.0. The Morgan fingerprint density at radius 2 is 1.56 bits per heavy atom. The van der Waals surface area contributed by atoms with Gasteiger partial charge < -0.3 is 14.4 Å². The number of methoxy groups -OCH3 is 1. The Balaban J connectivity index is 1.55. The Bertz CT molecular complexity index is 1510. The van der Waals surface area contributed by atoms with Crippen LogP contribution < -0.4 is 9.64 Å². The number of hydrogen-bond acceptors (Lipinski definition) is 6. The molecule has 0 aromatic heterocycles. The molecule has 1 atom stereocenters. The number of carbonyl (C=O) groups excluding carboxylic acids is 2. The standard InChI is InChI=1S/C33H36ClF4N3O4/c1-5-39(6-2)16-17-40(7-3)20-22-8-10-23(11-9-22)30(42)45-21-41-28-18-24(33(36,37)38)12-14-26(28)32(35,31(41)43)27-19-25(34)13-15-29(27)44-4/h8-15,18-19H,5-7,16-17,20-21H2,1-4H3. The fraction of sp³-hybridized carbons (Fsp3) is 0.394. The van der Waals surface area contributed by atoms with Gasteiger partial charge in [-0.2, -0.15) is 13.2 Å². The van der Waals surface area contributed by atoms with Crippen molar-refractivity contribution >= 4 is 29.2 Å². The van der Waals surface area contributed by atoms with Gasteiger partial charge in [0.25, 0.3) is 5.91 Å². The predicted molar refractivity (Wildman–Crippen MR) is 164 cm³/mol. The highest BCUT2D eigenvalue weighted by molar-refractivity contribution is 6.30. The largest absolute Gasteiger partial charge is 0.496 e. The normalized spacial score (nSPS) is 16.4. The molecule has 45 heavy (non-hydrogen) atoms. The van der Waals surface area contributed by atoms with Crippen molar-refractivity contribution in [3.8, 4) is 5.75 Å². The molecule has 242 valence electrons. The van der Waals surface area contributed by atoms with Crippen molar-refractivity contribution in [1.29, 1.82) is 0 Å². The first-order chi connectivity index (χ1) is 21.4. The van der Waals surface area contributed by atoms with Crippen molar-refractivity contribution < 1.29 is 36.6 Å². The van der Waals surface area contributed by atoms with Gasteiger partial charge in [0.05, 0.1) is 23.9 Å². The van der Waals surface area contributed by atoms with Crippen molar-refractivity contribution in [2.75, 3.05) is 51.5 Å². The fourth-order valence-electron chi connectivity index (χ4n) is 5.35. The summed E-state index contributed by atoms with van der Waals surface area (Å²) in [6.07, 6.45) is -4.77. The summed E-state index contributed by atoms with van der Waals surface area (Å²) in [5.41, 5.74) is -3.93. The van der Waals surface area contributed by atoms with Crippen LogP contribution in [0.5, 0.6) is 5.75 Å². The van der Waals surface area contributed by atoms with Gasteiger partial charge in [-0.1, -0.05) is 50.6 Å². The van der Waals surface area contributed by atoms with E-state index in [1.165, 1.54) is 25.3 Å². The lowest BCUT2D eigenvalue weighted by Gasteiger charge is -2.25. The van der Waals surface area contributed by atoms with Gasteiger partial charge >= 0.3 is 12.1 Å². The lowest BCUT2D eigenvalue weighted by atomic mass is 9.88. The minimum absolute atomic E-state index is 0.0327. The fourth-order valence-corrected chi connectivity index (χ4v) is 5.53. The number of esters is 1. The van der Waals surface area contributed by atoms with E-state index >= 15 is 4.39 Å². The van der Waals surface area contributed by atoms with Crippen LogP contribution in [0, 0.1) is 0 Å². The van der Waals surface area contributed by atoms with Crippen LogP contribution in [-0.2, 0) is 27.9 Å². The summed E-state index contributed by atoms with van der Waals surface area (Å²) < 4.78 is 68.4. The van der Waals surface area contributed by atoms with E-state index in [0.29, 0.717) is 23.6 Å². The molecular formula is C33H36ClF4N3O4. The number of benzene rings is 3. The lowest BCUT2D eigenvalue weighted by Crippen LogP contribution is -2.40. The number of ether oxygens (including phenoxy) is 2. The van der Waals surface area contributed by atoms with Crippen LogP contribution in [-0.4, -0.2) is 68.2 Å². The highest BCUT2D eigenvalue weighted by Crippen LogP contribution is 2.51. The molecule has 0 aliphatic carbocycles. The minimum atomic E-state index is -4.77. The van der Waals surface area contributed by atoms with E-state index in [-0.39, 0.29) is 33.1 Å². The number of nitrogens with zero attached hydrogens (tertiary/aromatic N) is 3. The van der Waals surface area contributed by atoms with Crippen LogP contribution in [0.4, 0.5) is 23.2 Å². The Kier molecular flexibility index (Phi) is 10.8. The number of hydrogen-bond donors (Lipinski definition) is 0. The number of anilines is 1. The van der Waals surface area contributed by atoms with Gasteiger partial charge in [0.1, 0.15) is 5.75 Å². The first-order valence-electron chi connectivity index (χ1n) is 14.6. The number of fused-ring (bicyclic) bond motifs is 1. The van der Waals surface area contributed by atoms with Gasteiger partial charge in [-0.3, -0.25) is 14.6 Å². The van der Waals surface area contributed by atoms with E-state index in [1.807, 2.05) is 0 Å². The second-order valence-corrected chi connectivity index (χ2v) is 11.1. The summed E-state index contributed by atoms with van der Waals surface area (Å²) >= 11 is 6.10. The maximum atomic E-state index is 16.9. The average molecular weight is 650 g/mol. The Hall–Kier alpha value is -3.67. The summed E-state index contributed by atoms with van der Waals surface area (Å²) in [7, 11) is 1.26. The van der Waals surface area contributed by atoms with Gasteiger partial charge in [-0.25, -0.2) is 9.18 Å². The lowest BCUT2D eigenvalue weighted by molar-refractivity contribution is -0.137. The second kappa shape index (κ2) is 14.2. The van der Waals surface area contributed by atoms with Crippen LogP contribution >= 0.6 is 11.6 Å². The number of carbonyl (C=O) groups is 2. The minimum Gasteiger partial charge on any atom is -0.496 e. The first-order valence-corrected chi connectivity index (χ1v) is 15.0. The number of alkyl halides is 4. The zero-order valence-corrected chi connectivity index (χ0v) is 26.3. The van der Waals surface area contributed by atoms with Gasteiger partial charge in [-0.05, 0) is 67.7 Å². The SMILES string of the molecule is CCN(CC)CCN(CC)Cc1ccc(C(=O)OCN2C(=O)C(F)(c3cc(Cl)ccc3OC)c3ccc(C(F)(F)F)cc32)cc1. The van der Waals surface area contributed by atoms with Gasteiger partial charge in [0, 0.05) is 35.8 Å². The Labute approximate surface area is 265 Å². The summed E-state index contributed by atoms with van der Waals surface area (Å²) in [5.74, 6) is -2.10. The van der Waals surface area contributed by atoms with Crippen LogP contribution in [0.25, 0.3) is 0 Å². The molecule has 0 fully saturated rings. The summed E-state index contributed by atoms with van der Waals surface area (Å²) in [4.78, 5) is 31.9. The van der Waals surface area contributed by atoms with Crippen molar-refractivity contribution in [3.05, 3.63) is 93.5 Å². The molecule has 1 aliphatic rings. The molecule has 0 saturated heterocycles. The van der Waals surface area contributed by atoms with E-state index in [0.717, 1.165) is 44.4 Å². The summed E-state index contributed by atoms with van der Waals surface area (Å²) in [5, 5.41) is 0.0864. The number of amides is 1. The highest BCUT2D eigenvalue weighted by atomic mass is 35.5. The maximum Gasteiger partial charge on any atom is 0.416 e. The maximum absolute atomic E-state index is 16.9. The third-order valence-electron chi connectivity index (χ3n) is 8.05. The van der Waals surface area contributed by atoms with Crippen LogP contribution in [0.2, 0.25) is 5.02 Å². The molecule has 3 aromatic rings. The van der Waals surface area contributed by atoms with Gasteiger partial charge in [-0.15, -0.1) is 0 Å². The molecule has 0 N–H and O–H groups in total. The van der Waals surface area contributed by atoms with Crippen LogP contribution in [0.3, 0.4) is 0 Å². The monoisotopic (exact) mass is 649 g/mol. The second-order valence-electron chi connectivity index (χ2n) is 10.6. The Morgan fingerprint density at radius 3 is 2.16 bits per heavy atom. The van der Waals surface area contributed by atoms with Crippen molar-refractivity contribution in [2.45, 2.75) is 39.2 Å². The molecule has 0 saturated carbocycles. The predicted octanol–water partition coefficient (Wildman–Crippen LogP) is 6.91. The Morgan fingerprint density at radius 1 is 0.911 bits per heavy atom. The van der Waals surface area contributed by atoms with E-state index < -0.39 is 36.0 Å². The van der Waals surface area contributed by atoms with Crippen LogP contribution in [0.15, 0.2) is 60.7 Å². The number of likely N-dealkylation sites (N-methyl/N-ethyl adjacent to an activating group) is 2. The molecule has 7 nitrogen and oxygen atoms in total. The van der Waals surface area contributed by atoms with E-state index in [1.54, 1.807) is 24.3 Å². The highest BCUT2D eigenvalue weighted by Gasteiger charge is 2.55. The zero-order valence-electron chi connectivity index (χ0n) is 25.6. The number of halogens is 5. The van der Waals surface area contributed by atoms with Crippen LogP contribution in [0.1, 0.15) is 53.4 Å². The third kappa shape index (κ3) is 7.26. The smallest absolute Gasteiger partial charge is 0.416 e. The number of rotatable bonds is 13. The van der Waals surface area contributed by atoms with Gasteiger partial charge in [0.2, 0.25) is 5.67 Å². The molecule has 1 aliphatic heterocycles. The zero-order chi connectivity index (χ0) is 32.9. The topological polar surface area (TPSA) is 62.3 Å². The molecule has 0 spiro atoms. The molecule has 1 amide bonds. The molecule has 12 heteroatoms. The molecule has 0 bridgehead atoms.